The lowest BCUT2D eigenvalue weighted by Gasteiger charge is -2.34. The fourth-order valence-electron chi connectivity index (χ4n) is 5.33. The zero-order valence-corrected chi connectivity index (χ0v) is 26.1. The Morgan fingerprint density at radius 2 is 1.45 bits per heavy atom. The third-order valence-corrected chi connectivity index (χ3v) is 9.85. The van der Waals surface area contributed by atoms with Crippen molar-refractivity contribution in [3.05, 3.63) is 94.5 Å². The number of nitrogens with zero attached hydrogens (tertiary/aromatic N) is 2. The molecule has 42 heavy (non-hydrogen) atoms. The minimum Gasteiger partial charge on any atom is -0.352 e. The molecule has 4 rings (SSSR count). The highest BCUT2D eigenvalue weighted by molar-refractivity contribution is 7.92. The molecule has 3 aromatic carbocycles. The van der Waals surface area contributed by atoms with Crippen LogP contribution in [0.4, 0.5) is 5.69 Å². The van der Waals surface area contributed by atoms with Crippen molar-refractivity contribution in [3.63, 3.8) is 0 Å². The highest BCUT2D eigenvalue weighted by Crippen LogP contribution is 2.26. The number of amides is 2. The quantitative estimate of drug-likeness (QED) is 0.272. The van der Waals surface area contributed by atoms with Gasteiger partial charge in [-0.15, -0.1) is 0 Å². The van der Waals surface area contributed by atoms with Crippen molar-refractivity contribution < 1.29 is 18.0 Å². The maximum absolute atomic E-state index is 14.2. The van der Waals surface area contributed by atoms with Crippen molar-refractivity contribution in [1.82, 2.24) is 10.2 Å². The molecular weight excluding hydrogens is 570 g/mol. The Morgan fingerprint density at radius 3 is 2.02 bits per heavy atom. The number of anilines is 1. The summed E-state index contributed by atoms with van der Waals surface area (Å²) in [5.74, 6) is -0.661. The van der Waals surface area contributed by atoms with E-state index in [4.69, 9.17) is 11.6 Å². The molecule has 1 aliphatic carbocycles. The number of hydrogen-bond acceptors (Lipinski definition) is 4. The zero-order chi connectivity index (χ0) is 30.3. The lowest BCUT2D eigenvalue weighted by atomic mass is 9.95. The van der Waals surface area contributed by atoms with E-state index in [1.54, 1.807) is 24.3 Å². The van der Waals surface area contributed by atoms with Gasteiger partial charge in [-0.3, -0.25) is 13.9 Å². The molecule has 1 fully saturated rings. The normalized spacial score (nSPS) is 14.7. The van der Waals surface area contributed by atoms with Crippen LogP contribution >= 0.6 is 11.6 Å². The zero-order valence-electron chi connectivity index (χ0n) is 24.6. The molecule has 0 saturated heterocycles. The van der Waals surface area contributed by atoms with E-state index in [1.165, 1.54) is 35.6 Å². The molecule has 2 amide bonds. The van der Waals surface area contributed by atoms with Gasteiger partial charge < -0.3 is 10.2 Å². The van der Waals surface area contributed by atoms with Gasteiger partial charge in [0.2, 0.25) is 11.8 Å². The third kappa shape index (κ3) is 7.92. The molecule has 1 N–H and O–H groups in total. The number of aryl methyl sites for hydroxylation is 2. The molecule has 3 aromatic rings. The van der Waals surface area contributed by atoms with Gasteiger partial charge in [0.05, 0.1) is 10.6 Å². The average molecular weight is 610 g/mol. The Hall–Kier alpha value is -3.36. The summed E-state index contributed by atoms with van der Waals surface area (Å²) in [7, 11) is -4.14. The summed E-state index contributed by atoms with van der Waals surface area (Å²) < 4.78 is 29.0. The van der Waals surface area contributed by atoms with Crippen molar-refractivity contribution in [2.75, 3.05) is 10.8 Å². The van der Waals surface area contributed by atoms with E-state index in [0.717, 1.165) is 46.7 Å². The predicted molar refractivity (Wildman–Crippen MR) is 168 cm³/mol. The fraction of sp³-hybridized carbons (Fsp3) is 0.394. The summed E-state index contributed by atoms with van der Waals surface area (Å²) in [6.07, 6.45) is 5.55. The van der Waals surface area contributed by atoms with Crippen molar-refractivity contribution in [2.24, 2.45) is 0 Å². The minimum absolute atomic E-state index is 0.0208. The first-order chi connectivity index (χ1) is 20.1. The summed E-state index contributed by atoms with van der Waals surface area (Å²) in [4.78, 5) is 29.4. The van der Waals surface area contributed by atoms with E-state index >= 15 is 0 Å². The molecule has 0 aliphatic heterocycles. The molecule has 7 nitrogen and oxygen atoms in total. The van der Waals surface area contributed by atoms with Gasteiger partial charge in [0.15, 0.2) is 0 Å². The molecule has 0 radical (unpaired) electrons. The minimum atomic E-state index is -4.14. The van der Waals surface area contributed by atoms with Gasteiger partial charge in [-0.25, -0.2) is 8.42 Å². The van der Waals surface area contributed by atoms with Crippen LogP contribution in [0.25, 0.3) is 0 Å². The summed E-state index contributed by atoms with van der Waals surface area (Å²) >= 11 is 6.03. The van der Waals surface area contributed by atoms with Gasteiger partial charge in [0.1, 0.15) is 12.6 Å². The lowest BCUT2D eigenvalue weighted by molar-refractivity contribution is -0.140. The second kappa shape index (κ2) is 14.2. The highest BCUT2D eigenvalue weighted by atomic mass is 35.5. The van der Waals surface area contributed by atoms with E-state index in [-0.39, 0.29) is 23.4 Å². The Labute approximate surface area is 254 Å². The first kappa shape index (κ1) is 31.6. The molecule has 1 unspecified atom stereocenters. The maximum Gasteiger partial charge on any atom is 0.264 e. The smallest absolute Gasteiger partial charge is 0.264 e. The number of nitrogens with one attached hydrogen (secondary N) is 1. The number of halogens is 1. The summed E-state index contributed by atoms with van der Waals surface area (Å²) in [5.41, 5.74) is 3.26. The average Bonchev–Trinajstić information content (AvgIpc) is 2.98. The Kier molecular flexibility index (Phi) is 10.7. The monoisotopic (exact) mass is 609 g/mol. The highest BCUT2D eigenvalue weighted by Gasteiger charge is 2.34. The first-order valence-electron chi connectivity index (χ1n) is 14.6. The molecule has 0 spiro atoms. The van der Waals surface area contributed by atoms with Crippen LogP contribution in [0.3, 0.4) is 0 Å². The predicted octanol–water partition coefficient (Wildman–Crippen LogP) is 6.41. The number of sulfonamides is 1. The fourth-order valence-corrected chi connectivity index (χ4v) is 6.87. The number of carbonyl (C=O) groups excluding carboxylic acids is 2. The van der Waals surface area contributed by atoms with Crippen molar-refractivity contribution in [2.45, 2.75) is 82.8 Å². The Morgan fingerprint density at radius 1 is 0.881 bits per heavy atom. The standard InChI is InChI=1S/C33H40ClN3O4S/c1-4-31(33(39)35-28-8-6-5-7-9-28)36(22-26-14-10-24(2)11-15-26)32(38)23-37(29-18-12-25(3)13-19-29)42(40,41)30-20-16-27(34)17-21-30/h10-21,28,31H,4-9,22-23H2,1-3H3,(H,35,39). The molecule has 0 bridgehead atoms. The molecule has 1 atom stereocenters. The van der Waals surface area contributed by atoms with Crippen molar-refractivity contribution >= 4 is 39.1 Å². The van der Waals surface area contributed by atoms with Crippen LogP contribution < -0.4 is 9.62 Å². The van der Waals surface area contributed by atoms with Gasteiger partial charge in [-0.05, 0) is 75.1 Å². The molecular formula is C33H40ClN3O4S. The molecule has 9 heteroatoms. The van der Waals surface area contributed by atoms with Crippen LogP contribution in [-0.2, 0) is 26.2 Å². The largest absolute Gasteiger partial charge is 0.352 e. The third-order valence-electron chi connectivity index (χ3n) is 7.81. The number of hydrogen-bond donors (Lipinski definition) is 1. The number of benzene rings is 3. The summed E-state index contributed by atoms with van der Waals surface area (Å²) in [5, 5.41) is 3.58. The summed E-state index contributed by atoms with van der Waals surface area (Å²) in [6.45, 7) is 5.49. The van der Waals surface area contributed by atoms with Crippen LogP contribution in [0, 0.1) is 13.8 Å². The lowest BCUT2D eigenvalue weighted by Crippen LogP contribution is -2.54. The van der Waals surface area contributed by atoms with E-state index in [0.29, 0.717) is 17.1 Å². The van der Waals surface area contributed by atoms with Crippen molar-refractivity contribution in [1.29, 1.82) is 0 Å². The van der Waals surface area contributed by atoms with Gasteiger partial charge in [-0.1, -0.05) is 85.3 Å². The van der Waals surface area contributed by atoms with Gasteiger partial charge in [0.25, 0.3) is 10.0 Å². The van der Waals surface area contributed by atoms with E-state index in [9.17, 15) is 18.0 Å². The van der Waals surface area contributed by atoms with Crippen LogP contribution in [0.1, 0.15) is 62.1 Å². The molecule has 224 valence electrons. The molecule has 1 saturated carbocycles. The van der Waals surface area contributed by atoms with Crippen molar-refractivity contribution in [3.8, 4) is 0 Å². The summed E-state index contributed by atoms with van der Waals surface area (Å²) in [6, 6.07) is 20.0. The second-order valence-electron chi connectivity index (χ2n) is 11.1. The van der Waals surface area contributed by atoms with E-state index in [2.05, 4.69) is 5.32 Å². The Balaban J connectivity index is 1.69. The number of carbonyl (C=O) groups is 2. The van der Waals surface area contributed by atoms with E-state index in [1.807, 2.05) is 45.0 Å². The second-order valence-corrected chi connectivity index (χ2v) is 13.4. The Bertz CT molecular complexity index is 1450. The molecule has 0 aromatic heterocycles. The van der Waals surface area contributed by atoms with Crippen LogP contribution in [-0.4, -0.2) is 43.8 Å². The number of rotatable bonds is 11. The van der Waals surface area contributed by atoms with E-state index < -0.39 is 28.5 Å². The maximum atomic E-state index is 14.2. The molecule has 1 aliphatic rings. The first-order valence-corrected chi connectivity index (χ1v) is 16.4. The topological polar surface area (TPSA) is 86.8 Å². The van der Waals surface area contributed by atoms with Crippen LogP contribution in [0.2, 0.25) is 5.02 Å². The van der Waals surface area contributed by atoms with Crippen LogP contribution in [0.15, 0.2) is 77.7 Å². The van der Waals surface area contributed by atoms with Gasteiger partial charge >= 0.3 is 0 Å². The van der Waals surface area contributed by atoms with Gasteiger partial charge in [-0.2, -0.15) is 0 Å². The SMILES string of the molecule is CCC(C(=O)NC1CCCCC1)N(Cc1ccc(C)cc1)C(=O)CN(c1ccc(C)cc1)S(=O)(=O)c1ccc(Cl)cc1. The molecule has 0 heterocycles. The van der Waals surface area contributed by atoms with Crippen LogP contribution in [0.5, 0.6) is 0 Å². The van der Waals surface area contributed by atoms with Gasteiger partial charge in [0, 0.05) is 17.6 Å².